The number of halogens is 7. The predicted molar refractivity (Wildman–Crippen MR) is 161 cm³/mol. The van der Waals surface area contributed by atoms with Crippen LogP contribution >= 0.6 is 0 Å². The predicted octanol–water partition coefficient (Wildman–Crippen LogP) is 8.38. The number of amides is 3. The fraction of sp³-hybridized carbons (Fsp3) is 0.382. The number of piperidine rings is 1. The minimum Gasteiger partial charge on any atom is -0.445 e. The summed E-state index contributed by atoms with van der Waals surface area (Å²) in [5.74, 6) is -0.553. The molecular weight excluding hydrogens is 647 g/mol. The maximum absolute atomic E-state index is 14.1. The molecule has 0 aromatic heterocycles. The Hall–Kier alpha value is -4.62. The molecule has 0 radical (unpaired) electrons. The zero-order valence-corrected chi connectivity index (χ0v) is 26.3. The summed E-state index contributed by atoms with van der Waals surface area (Å²) in [6.45, 7) is 2.77. The van der Waals surface area contributed by atoms with Crippen LogP contribution in [-0.4, -0.2) is 47.3 Å². The molecule has 3 amide bonds. The Morgan fingerprint density at radius 3 is 2.21 bits per heavy atom. The van der Waals surface area contributed by atoms with E-state index in [0.29, 0.717) is 29.5 Å². The molecule has 258 valence electrons. The van der Waals surface area contributed by atoms with Gasteiger partial charge < -0.3 is 24.6 Å². The first-order valence-corrected chi connectivity index (χ1v) is 15.0. The molecule has 0 aliphatic carbocycles. The smallest absolute Gasteiger partial charge is 0.416 e. The van der Waals surface area contributed by atoms with E-state index in [9.17, 15) is 45.1 Å². The average Bonchev–Trinajstić information content (AvgIpc) is 3.02. The molecule has 1 fully saturated rings. The number of hydrogen-bond acceptors (Lipinski definition) is 4. The molecule has 3 aromatic carbocycles. The fourth-order valence-electron chi connectivity index (χ4n) is 5.89. The van der Waals surface area contributed by atoms with Crippen molar-refractivity contribution in [1.82, 2.24) is 15.1 Å². The summed E-state index contributed by atoms with van der Waals surface area (Å²) in [4.78, 5) is 41.2. The minimum absolute atomic E-state index is 0.0144. The van der Waals surface area contributed by atoms with Gasteiger partial charge in [-0.1, -0.05) is 36.4 Å². The van der Waals surface area contributed by atoms with Crippen molar-refractivity contribution >= 4 is 18.4 Å². The van der Waals surface area contributed by atoms with Crippen LogP contribution in [0.5, 0.6) is 0 Å². The van der Waals surface area contributed by atoms with Gasteiger partial charge in [-0.3, -0.25) is 0 Å². The first-order valence-electron chi connectivity index (χ1n) is 15.0. The lowest BCUT2D eigenvalue weighted by Crippen LogP contribution is -2.58. The van der Waals surface area contributed by atoms with Crippen LogP contribution in [0, 0.1) is 12.7 Å². The van der Waals surface area contributed by atoms with E-state index in [4.69, 9.17) is 4.74 Å². The molecule has 14 heteroatoms. The molecule has 1 N–H and O–H groups in total. The molecule has 3 atom stereocenters. The van der Waals surface area contributed by atoms with Gasteiger partial charge in [0, 0.05) is 20.0 Å². The second-order valence-corrected chi connectivity index (χ2v) is 11.9. The number of aldehydes is 1. The van der Waals surface area contributed by atoms with Crippen molar-refractivity contribution in [3.8, 4) is 0 Å². The standard InChI is InChI=1S/C34H34F7N3O4/c1-21-15-27(35)9-10-28(21)29-19-32(12-14-45,42-30(46)48-20-23-7-5-4-6-8-23)11-13-44(29)31(47)43(3)22(2)24-16-25(33(36,37)38)18-26(17-24)34(39,40)41/h4-10,14-18,22,29H,11-13,19-20H2,1-3H3,(H,42,46)/t22-,29+,32+/m0/s1. The lowest BCUT2D eigenvalue weighted by Gasteiger charge is -2.48. The molecule has 0 bridgehead atoms. The first kappa shape index (κ1) is 36.2. The highest BCUT2D eigenvalue weighted by atomic mass is 19.4. The number of ether oxygens (including phenoxy) is 1. The number of carbonyl (C=O) groups is 3. The van der Waals surface area contributed by atoms with Gasteiger partial charge in [0.05, 0.1) is 28.7 Å². The third kappa shape index (κ3) is 8.45. The van der Waals surface area contributed by atoms with Gasteiger partial charge in [-0.15, -0.1) is 0 Å². The van der Waals surface area contributed by atoms with Crippen LogP contribution in [0.2, 0.25) is 0 Å². The zero-order chi connectivity index (χ0) is 35.4. The molecule has 0 saturated carbocycles. The molecule has 48 heavy (non-hydrogen) atoms. The van der Waals surface area contributed by atoms with E-state index in [1.165, 1.54) is 37.1 Å². The van der Waals surface area contributed by atoms with Crippen molar-refractivity contribution in [1.29, 1.82) is 0 Å². The number of hydrogen-bond donors (Lipinski definition) is 1. The summed E-state index contributed by atoms with van der Waals surface area (Å²) >= 11 is 0. The van der Waals surface area contributed by atoms with Crippen molar-refractivity contribution in [3.63, 3.8) is 0 Å². The molecule has 0 spiro atoms. The Morgan fingerprint density at radius 1 is 1.02 bits per heavy atom. The second-order valence-electron chi connectivity index (χ2n) is 11.9. The summed E-state index contributed by atoms with van der Waals surface area (Å²) in [6.07, 6.45) is -10.5. The van der Waals surface area contributed by atoms with Crippen LogP contribution in [0.3, 0.4) is 0 Å². The van der Waals surface area contributed by atoms with Crippen LogP contribution in [0.4, 0.5) is 40.3 Å². The Morgan fingerprint density at radius 2 is 1.65 bits per heavy atom. The molecule has 0 unspecified atom stereocenters. The number of urea groups is 1. The Balaban J connectivity index is 1.65. The van der Waals surface area contributed by atoms with Crippen molar-refractivity contribution < 1.29 is 49.9 Å². The number of rotatable bonds is 8. The third-order valence-corrected chi connectivity index (χ3v) is 8.66. The molecule has 1 heterocycles. The van der Waals surface area contributed by atoms with E-state index < -0.39 is 64.6 Å². The number of alkyl halides is 6. The number of alkyl carbamates (subject to hydrolysis) is 1. The second kappa shape index (κ2) is 14.2. The van der Waals surface area contributed by atoms with Crippen LogP contribution in [0.25, 0.3) is 0 Å². The van der Waals surface area contributed by atoms with E-state index in [1.54, 1.807) is 37.3 Å². The summed E-state index contributed by atoms with van der Waals surface area (Å²) < 4.78 is 101. The lowest BCUT2D eigenvalue weighted by molar-refractivity contribution is -0.143. The highest BCUT2D eigenvalue weighted by Crippen LogP contribution is 2.42. The molecule has 1 aliphatic heterocycles. The largest absolute Gasteiger partial charge is 0.445 e. The van der Waals surface area contributed by atoms with Crippen LogP contribution in [0.1, 0.15) is 71.7 Å². The van der Waals surface area contributed by atoms with Gasteiger partial charge in [-0.25, -0.2) is 14.0 Å². The summed E-state index contributed by atoms with van der Waals surface area (Å²) in [5, 5.41) is 2.78. The van der Waals surface area contributed by atoms with Gasteiger partial charge in [-0.05, 0) is 79.3 Å². The van der Waals surface area contributed by atoms with Crippen molar-refractivity contribution in [2.75, 3.05) is 13.6 Å². The normalized spacial score (nSPS) is 19.0. The quantitative estimate of drug-likeness (QED) is 0.192. The molecule has 1 aliphatic rings. The van der Waals surface area contributed by atoms with E-state index in [0.717, 1.165) is 10.5 Å². The Labute approximate surface area is 272 Å². The highest BCUT2D eigenvalue weighted by Gasteiger charge is 2.45. The molecule has 4 rings (SSSR count). The number of carbonyl (C=O) groups excluding carboxylic acids is 3. The van der Waals surface area contributed by atoms with Gasteiger partial charge in [-0.2, -0.15) is 26.3 Å². The maximum Gasteiger partial charge on any atom is 0.416 e. The summed E-state index contributed by atoms with van der Waals surface area (Å²) in [5.41, 5.74) is -2.99. The monoisotopic (exact) mass is 681 g/mol. The zero-order valence-electron chi connectivity index (χ0n) is 26.3. The van der Waals surface area contributed by atoms with E-state index in [-0.39, 0.29) is 38.5 Å². The van der Waals surface area contributed by atoms with E-state index in [2.05, 4.69) is 5.32 Å². The number of likely N-dealkylation sites (tertiary alicyclic amines) is 1. The number of benzene rings is 3. The topological polar surface area (TPSA) is 79.0 Å². The average molecular weight is 682 g/mol. The Kier molecular flexibility index (Phi) is 10.7. The third-order valence-electron chi connectivity index (χ3n) is 8.66. The van der Waals surface area contributed by atoms with Crippen LogP contribution in [0.15, 0.2) is 66.7 Å². The fourth-order valence-corrected chi connectivity index (χ4v) is 5.89. The van der Waals surface area contributed by atoms with Crippen molar-refractivity contribution in [2.24, 2.45) is 0 Å². The lowest BCUT2D eigenvalue weighted by atomic mass is 9.78. The SMILES string of the molecule is Cc1cc(F)ccc1[C@H]1C[C@@](CC=O)(NC(=O)OCc2ccccc2)CCN1C(=O)N(C)[C@@H](C)c1cc(C(F)(F)F)cc(C(F)(F)F)c1. The van der Waals surface area contributed by atoms with Gasteiger partial charge >= 0.3 is 24.5 Å². The number of nitrogens with zero attached hydrogens (tertiary/aromatic N) is 2. The number of aryl methyl sites for hydroxylation is 1. The molecule has 1 saturated heterocycles. The van der Waals surface area contributed by atoms with Gasteiger partial charge in [0.2, 0.25) is 0 Å². The van der Waals surface area contributed by atoms with Crippen LogP contribution < -0.4 is 5.32 Å². The molecular formula is C34H34F7N3O4. The van der Waals surface area contributed by atoms with Gasteiger partial charge in [0.25, 0.3) is 0 Å². The Bertz CT molecular complexity index is 1600. The molecule has 7 nitrogen and oxygen atoms in total. The van der Waals surface area contributed by atoms with E-state index in [1.807, 2.05) is 0 Å². The van der Waals surface area contributed by atoms with Crippen molar-refractivity contribution in [3.05, 3.63) is 106 Å². The minimum atomic E-state index is -5.08. The van der Waals surface area contributed by atoms with Crippen LogP contribution in [-0.2, 0) is 28.5 Å². The summed E-state index contributed by atoms with van der Waals surface area (Å²) in [6, 6.07) is 11.0. The first-order chi connectivity index (χ1) is 22.4. The molecule has 3 aromatic rings. The van der Waals surface area contributed by atoms with E-state index >= 15 is 0 Å². The highest BCUT2D eigenvalue weighted by molar-refractivity contribution is 5.76. The number of nitrogens with one attached hydrogen (secondary N) is 1. The van der Waals surface area contributed by atoms with Gasteiger partial charge in [0.15, 0.2) is 0 Å². The van der Waals surface area contributed by atoms with Gasteiger partial charge in [0.1, 0.15) is 18.7 Å². The summed E-state index contributed by atoms with van der Waals surface area (Å²) in [7, 11) is 1.25. The maximum atomic E-state index is 14.1. The van der Waals surface area contributed by atoms with Crippen molar-refractivity contribution in [2.45, 2.75) is 69.7 Å².